The highest BCUT2D eigenvalue weighted by molar-refractivity contribution is 9.10. The Balaban J connectivity index is 1.56. The minimum absolute atomic E-state index is 0.626. The average Bonchev–Trinajstić information content (AvgIpc) is 2.10. The van der Waals surface area contributed by atoms with Gasteiger partial charge in [0.1, 0.15) is 10.4 Å². The lowest BCUT2D eigenvalue weighted by molar-refractivity contribution is 0.0191. The van der Waals surface area contributed by atoms with Crippen molar-refractivity contribution in [3.8, 4) is 0 Å². The van der Waals surface area contributed by atoms with E-state index < -0.39 is 0 Å². The number of hydrogen-bond acceptors (Lipinski definition) is 3. The first-order chi connectivity index (χ1) is 7.26. The van der Waals surface area contributed by atoms with E-state index in [-0.39, 0.29) is 0 Å². The number of nitrogens with zero attached hydrogens (tertiary/aromatic N) is 2. The van der Waals surface area contributed by atoms with Gasteiger partial charge in [-0.05, 0) is 47.0 Å². The van der Waals surface area contributed by atoms with Crippen molar-refractivity contribution in [3.05, 3.63) is 17.0 Å². The average molecular weight is 268 g/mol. The monoisotopic (exact) mass is 267 g/mol. The number of hydrogen-bond donors (Lipinski definition) is 1. The van der Waals surface area contributed by atoms with Crippen LogP contribution in [-0.4, -0.2) is 16.0 Å². The fourth-order valence-electron chi connectivity index (χ4n) is 2.77. The zero-order valence-electron chi connectivity index (χ0n) is 8.54. The molecule has 0 radical (unpaired) electrons. The van der Waals surface area contributed by atoms with Crippen molar-refractivity contribution < 1.29 is 0 Å². The summed E-state index contributed by atoms with van der Waals surface area (Å²) in [6.45, 7) is 0. The van der Waals surface area contributed by atoms with E-state index in [1.165, 1.54) is 32.1 Å². The van der Waals surface area contributed by atoms with E-state index in [0.717, 1.165) is 15.8 Å². The van der Waals surface area contributed by atoms with Crippen molar-refractivity contribution in [2.45, 2.75) is 38.1 Å². The number of rotatable bonds is 2. The molecule has 4 heteroatoms. The molecule has 0 aromatic carbocycles. The van der Waals surface area contributed by atoms with Crippen LogP contribution in [0.15, 0.2) is 17.0 Å². The summed E-state index contributed by atoms with van der Waals surface area (Å²) in [5, 5.41) is 3.43. The summed E-state index contributed by atoms with van der Waals surface area (Å²) in [5.74, 6) is 0.900. The third-order valence-corrected chi connectivity index (χ3v) is 4.15. The number of nitrogens with one attached hydrogen (secondary N) is 1. The summed E-state index contributed by atoms with van der Waals surface area (Å²) in [6.07, 6.45) is 10.5. The molecule has 15 heavy (non-hydrogen) atoms. The van der Waals surface area contributed by atoms with Crippen LogP contribution in [0.1, 0.15) is 32.1 Å². The Morgan fingerprint density at radius 1 is 1.27 bits per heavy atom. The third kappa shape index (κ3) is 1.75. The van der Waals surface area contributed by atoms with E-state index in [2.05, 4.69) is 31.2 Å². The Kier molecular flexibility index (Phi) is 2.20. The fraction of sp³-hybridized carbons (Fsp3) is 0.636. The highest BCUT2D eigenvalue weighted by atomic mass is 79.9. The van der Waals surface area contributed by atoms with Crippen molar-refractivity contribution in [3.63, 3.8) is 0 Å². The summed E-state index contributed by atoms with van der Waals surface area (Å²) in [4.78, 5) is 8.42. The molecule has 2 fully saturated rings. The molecule has 2 aliphatic rings. The predicted molar refractivity (Wildman–Crippen MR) is 62.7 cm³/mol. The largest absolute Gasteiger partial charge is 0.366 e. The SMILES string of the molecule is Brc1cnc(NC2CC3(CCC3)C2)cn1. The van der Waals surface area contributed by atoms with Crippen LogP contribution >= 0.6 is 15.9 Å². The molecule has 0 saturated heterocycles. The molecule has 0 atom stereocenters. The molecule has 0 bridgehead atoms. The maximum atomic E-state index is 4.27. The second kappa shape index (κ2) is 3.44. The smallest absolute Gasteiger partial charge is 0.144 e. The van der Waals surface area contributed by atoms with Crippen LogP contribution in [0.25, 0.3) is 0 Å². The van der Waals surface area contributed by atoms with Gasteiger partial charge >= 0.3 is 0 Å². The molecule has 80 valence electrons. The van der Waals surface area contributed by atoms with Gasteiger partial charge in [0.2, 0.25) is 0 Å². The lowest BCUT2D eigenvalue weighted by Gasteiger charge is -2.54. The highest BCUT2D eigenvalue weighted by Gasteiger charge is 2.48. The normalized spacial score (nSPS) is 23.3. The van der Waals surface area contributed by atoms with E-state index in [4.69, 9.17) is 0 Å². The topological polar surface area (TPSA) is 37.8 Å². The molecule has 1 heterocycles. The minimum Gasteiger partial charge on any atom is -0.366 e. The minimum atomic E-state index is 0.626. The van der Waals surface area contributed by atoms with E-state index in [1.807, 2.05) is 0 Å². The Hall–Kier alpha value is -0.640. The lowest BCUT2D eigenvalue weighted by atomic mass is 9.54. The quantitative estimate of drug-likeness (QED) is 0.896. The zero-order valence-corrected chi connectivity index (χ0v) is 10.1. The Morgan fingerprint density at radius 2 is 2.07 bits per heavy atom. The Labute approximate surface area is 97.8 Å². The van der Waals surface area contributed by atoms with Gasteiger partial charge in [0.25, 0.3) is 0 Å². The van der Waals surface area contributed by atoms with Gasteiger partial charge in [0.05, 0.1) is 12.4 Å². The summed E-state index contributed by atoms with van der Waals surface area (Å²) in [5.41, 5.74) is 0.723. The summed E-state index contributed by atoms with van der Waals surface area (Å²) >= 11 is 3.28. The first kappa shape index (κ1) is 9.58. The van der Waals surface area contributed by atoms with Crippen molar-refractivity contribution in [1.29, 1.82) is 0 Å². The Morgan fingerprint density at radius 3 is 2.60 bits per heavy atom. The molecule has 2 saturated carbocycles. The first-order valence-electron chi connectivity index (χ1n) is 5.50. The highest BCUT2D eigenvalue weighted by Crippen LogP contribution is 2.56. The van der Waals surface area contributed by atoms with Crippen LogP contribution in [0.3, 0.4) is 0 Å². The first-order valence-corrected chi connectivity index (χ1v) is 6.29. The molecule has 1 aromatic rings. The van der Waals surface area contributed by atoms with Crippen molar-refractivity contribution >= 4 is 21.7 Å². The van der Waals surface area contributed by atoms with E-state index in [9.17, 15) is 0 Å². The van der Waals surface area contributed by atoms with Gasteiger partial charge in [-0.15, -0.1) is 0 Å². The maximum absolute atomic E-state index is 4.27. The second-order valence-corrected chi connectivity index (χ2v) is 5.64. The van der Waals surface area contributed by atoms with Crippen LogP contribution in [0.2, 0.25) is 0 Å². The molecule has 3 nitrogen and oxygen atoms in total. The van der Waals surface area contributed by atoms with Gasteiger partial charge in [0.15, 0.2) is 0 Å². The Bertz CT molecular complexity index is 351. The molecule has 0 aliphatic heterocycles. The van der Waals surface area contributed by atoms with E-state index in [1.54, 1.807) is 12.4 Å². The third-order valence-electron chi connectivity index (χ3n) is 3.75. The van der Waals surface area contributed by atoms with Crippen LogP contribution in [-0.2, 0) is 0 Å². The zero-order chi connectivity index (χ0) is 10.3. The maximum Gasteiger partial charge on any atom is 0.144 e. The second-order valence-electron chi connectivity index (χ2n) is 4.83. The van der Waals surface area contributed by atoms with Gasteiger partial charge in [-0.2, -0.15) is 0 Å². The number of aromatic nitrogens is 2. The standard InChI is InChI=1S/C11H14BrN3/c12-9-6-14-10(7-13-9)15-8-4-11(5-8)2-1-3-11/h6-8H,1-5H2,(H,14,15). The van der Waals surface area contributed by atoms with Crippen molar-refractivity contribution in [1.82, 2.24) is 9.97 Å². The van der Waals surface area contributed by atoms with Crippen LogP contribution in [0.4, 0.5) is 5.82 Å². The summed E-state index contributed by atoms with van der Waals surface area (Å²) < 4.78 is 0.789. The van der Waals surface area contributed by atoms with Crippen LogP contribution < -0.4 is 5.32 Å². The number of halogens is 1. The van der Waals surface area contributed by atoms with Gasteiger partial charge in [-0.1, -0.05) is 6.42 Å². The predicted octanol–water partition coefficient (Wildman–Crippen LogP) is 2.98. The fourth-order valence-corrected chi connectivity index (χ4v) is 2.97. The summed E-state index contributed by atoms with van der Waals surface area (Å²) in [6, 6.07) is 0.626. The van der Waals surface area contributed by atoms with Gasteiger partial charge in [0, 0.05) is 6.04 Å². The van der Waals surface area contributed by atoms with Gasteiger partial charge in [-0.25, -0.2) is 9.97 Å². The molecule has 1 spiro atoms. The van der Waals surface area contributed by atoms with Crippen LogP contribution in [0, 0.1) is 5.41 Å². The molecule has 1 aromatic heterocycles. The van der Waals surface area contributed by atoms with E-state index in [0.29, 0.717) is 6.04 Å². The molecule has 2 aliphatic carbocycles. The van der Waals surface area contributed by atoms with Gasteiger partial charge < -0.3 is 5.32 Å². The molecule has 3 rings (SSSR count). The van der Waals surface area contributed by atoms with Crippen molar-refractivity contribution in [2.24, 2.45) is 5.41 Å². The number of anilines is 1. The van der Waals surface area contributed by atoms with Crippen molar-refractivity contribution in [2.75, 3.05) is 5.32 Å². The molecular weight excluding hydrogens is 254 g/mol. The van der Waals surface area contributed by atoms with Gasteiger partial charge in [-0.3, -0.25) is 0 Å². The molecule has 1 N–H and O–H groups in total. The van der Waals surface area contributed by atoms with Crippen LogP contribution in [0.5, 0.6) is 0 Å². The lowest BCUT2D eigenvalue weighted by Crippen LogP contribution is -2.49. The molecule has 0 unspecified atom stereocenters. The molecule has 0 amide bonds. The molecular formula is C11H14BrN3. The summed E-state index contributed by atoms with van der Waals surface area (Å²) in [7, 11) is 0. The van der Waals surface area contributed by atoms with E-state index >= 15 is 0 Å².